The zero-order chi connectivity index (χ0) is 31.7. The molecule has 9 nitrogen and oxygen atoms in total. The van der Waals surface area contributed by atoms with Gasteiger partial charge in [0, 0.05) is 45.6 Å². The van der Waals surface area contributed by atoms with Gasteiger partial charge < -0.3 is 20.6 Å². The molecule has 0 bridgehead atoms. The highest BCUT2D eigenvalue weighted by Crippen LogP contribution is 2.05. The largest absolute Gasteiger partial charge is 0.618 e. The molecule has 1 saturated heterocycles. The van der Waals surface area contributed by atoms with E-state index in [-0.39, 0.29) is 17.6 Å². The Hall–Kier alpha value is -3.82. The van der Waals surface area contributed by atoms with Gasteiger partial charge in [-0.25, -0.2) is 4.98 Å². The smallest absolute Gasteiger partial charge is 0.276 e. The average molecular weight is 606 g/mol. The summed E-state index contributed by atoms with van der Waals surface area (Å²) in [5.74, 6) is -0.446. The Balaban J connectivity index is 1.60. The molecule has 1 atom stereocenters. The van der Waals surface area contributed by atoms with Gasteiger partial charge in [0.15, 0.2) is 5.69 Å². The minimum Gasteiger partial charge on any atom is -0.618 e. The molecular weight excluding hydrogens is 554 g/mol. The Kier molecular flexibility index (Phi) is 19.5. The summed E-state index contributed by atoms with van der Waals surface area (Å²) in [6, 6.07) is -0.0949. The number of aromatic nitrogens is 2. The van der Waals surface area contributed by atoms with E-state index in [1.807, 2.05) is 6.08 Å². The quantitative estimate of drug-likeness (QED) is 0.122. The molecule has 9 heteroatoms. The van der Waals surface area contributed by atoms with Gasteiger partial charge in [-0.1, -0.05) is 79.8 Å². The van der Waals surface area contributed by atoms with Crippen LogP contribution in [-0.2, 0) is 9.53 Å². The molecule has 1 unspecified atom stereocenters. The van der Waals surface area contributed by atoms with Crippen LogP contribution in [-0.4, -0.2) is 67.1 Å². The van der Waals surface area contributed by atoms with Gasteiger partial charge >= 0.3 is 0 Å². The van der Waals surface area contributed by atoms with E-state index in [4.69, 9.17) is 4.74 Å². The van der Waals surface area contributed by atoms with Crippen LogP contribution in [0.4, 0.5) is 0 Å². The molecule has 2 rings (SSSR count). The number of carbonyl (C=O) groups is 2. The molecule has 1 aliphatic rings. The molecule has 2 amide bonds. The van der Waals surface area contributed by atoms with Crippen LogP contribution in [0, 0.1) is 12.1 Å². The number of allylic oxidation sites excluding steroid dienone is 12. The Labute approximate surface area is 263 Å². The van der Waals surface area contributed by atoms with E-state index in [1.54, 1.807) is 6.92 Å². The lowest BCUT2D eigenvalue weighted by molar-refractivity contribution is -0.613. The molecule has 1 fully saturated rings. The van der Waals surface area contributed by atoms with E-state index < -0.39 is 5.91 Å². The Bertz CT molecular complexity index is 1150. The van der Waals surface area contributed by atoms with E-state index in [2.05, 4.69) is 94.3 Å². The van der Waals surface area contributed by atoms with Gasteiger partial charge in [0.25, 0.3) is 5.91 Å². The standard InChI is InChI=1S/C35H51N5O4/c1-3-4-5-6-7-8-9-10-11-12-13-14-15-16-17-18-19-20-21-22-34(41)37-28-32(39-23-25-44-26-24-39)29-38-35(42)33-30-40(43)31(2)27-36-33/h4-5,7-8,10-11,13-14,16-17,19-20,27,30,32H,3,6,9,12,15,18,21-26,28-29H2,1-2H3,(H,37,41)(H,38,42)/b5-4-,8-7-,11-10-,14-13-,17-16-,20-19-. The van der Waals surface area contributed by atoms with Gasteiger partial charge in [0.2, 0.25) is 17.8 Å². The van der Waals surface area contributed by atoms with Crippen LogP contribution in [0.3, 0.4) is 0 Å². The summed E-state index contributed by atoms with van der Waals surface area (Å²) in [6.07, 6.45) is 35.4. The summed E-state index contributed by atoms with van der Waals surface area (Å²) in [4.78, 5) is 31.3. The van der Waals surface area contributed by atoms with Crippen molar-refractivity contribution in [1.82, 2.24) is 20.5 Å². The van der Waals surface area contributed by atoms with Crippen LogP contribution >= 0.6 is 0 Å². The number of ether oxygens (including phenoxy) is 1. The minimum absolute atomic E-state index is 0.0262. The fourth-order valence-corrected chi connectivity index (χ4v) is 4.33. The van der Waals surface area contributed by atoms with Crippen LogP contribution in [0.25, 0.3) is 0 Å². The summed E-state index contributed by atoms with van der Waals surface area (Å²) >= 11 is 0. The number of carbonyl (C=O) groups excluding carboxylic acids is 2. The maximum atomic E-state index is 12.6. The fraction of sp³-hybridized carbons (Fsp3) is 0.486. The number of aryl methyl sites for hydroxylation is 1. The van der Waals surface area contributed by atoms with Crippen molar-refractivity contribution >= 4 is 11.8 Å². The predicted molar refractivity (Wildman–Crippen MR) is 177 cm³/mol. The Morgan fingerprint density at radius 3 is 1.95 bits per heavy atom. The molecule has 240 valence electrons. The van der Waals surface area contributed by atoms with Crippen molar-refractivity contribution in [2.45, 2.75) is 71.3 Å². The third kappa shape index (κ3) is 16.7. The van der Waals surface area contributed by atoms with Crippen molar-refractivity contribution in [3.8, 4) is 0 Å². The predicted octanol–water partition coefficient (Wildman–Crippen LogP) is 5.05. The molecule has 0 spiro atoms. The van der Waals surface area contributed by atoms with E-state index in [9.17, 15) is 14.8 Å². The third-order valence-electron chi connectivity index (χ3n) is 6.94. The number of rotatable bonds is 20. The van der Waals surface area contributed by atoms with Gasteiger partial charge in [0.1, 0.15) is 0 Å². The number of morpholine rings is 1. The zero-order valence-corrected chi connectivity index (χ0v) is 26.5. The second kappa shape index (κ2) is 23.6. The van der Waals surface area contributed by atoms with Crippen LogP contribution in [0.15, 0.2) is 85.3 Å². The average Bonchev–Trinajstić information content (AvgIpc) is 3.03. The Morgan fingerprint density at radius 2 is 1.41 bits per heavy atom. The van der Waals surface area contributed by atoms with Crippen LogP contribution in [0.2, 0.25) is 0 Å². The summed E-state index contributed by atoms with van der Waals surface area (Å²) in [5.41, 5.74) is 0.478. The third-order valence-corrected chi connectivity index (χ3v) is 6.94. The molecule has 0 saturated carbocycles. The summed E-state index contributed by atoms with van der Waals surface area (Å²) < 4.78 is 6.08. The van der Waals surface area contributed by atoms with E-state index >= 15 is 0 Å². The Morgan fingerprint density at radius 1 is 0.886 bits per heavy atom. The van der Waals surface area contributed by atoms with Crippen molar-refractivity contribution < 1.29 is 19.1 Å². The molecule has 1 aromatic rings. The highest BCUT2D eigenvalue weighted by molar-refractivity contribution is 5.91. The number of nitrogens with zero attached hydrogens (tertiary/aromatic N) is 3. The first-order valence-corrected chi connectivity index (χ1v) is 15.8. The minimum atomic E-state index is -0.420. The summed E-state index contributed by atoms with van der Waals surface area (Å²) in [5, 5.41) is 17.7. The van der Waals surface area contributed by atoms with Gasteiger partial charge in [-0.2, -0.15) is 4.73 Å². The molecule has 2 N–H and O–H groups in total. The first kappa shape index (κ1) is 36.4. The molecule has 1 aromatic heterocycles. The molecule has 2 heterocycles. The number of amides is 2. The normalized spacial score (nSPS) is 15.5. The van der Waals surface area contributed by atoms with E-state index in [0.717, 1.165) is 51.6 Å². The van der Waals surface area contributed by atoms with E-state index in [0.29, 0.717) is 49.6 Å². The molecule has 0 aromatic carbocycles. The number of hydrogen-bond donors (Lipinski definition) is 2. The lowest BCUT2D eigenvalue weighted by Crippen LogP contribution is -2.53. The maximum absolute atomic E-state index is 12.6. The number of nitrogens with one attached hydrogen (secondary N) is 2. The first-order valence-electron chi connectivity index (χ1n) is 15.8. The van der Waals surface area contributed by atoms with Crippen LogP contribution < -0.4 is 15.4 Å². The van der Waals surface area contributed by atoms with Crippen molar-refractivity contribution in [3.63, 3.8) is 0 Å². The van der Waals surface area contributed by atoms with Crippen molar-refractivity contribution in [1.29, 1.82) is 0 Å². The van der Waals surface area contributed by atoms with Gasteiger partial charge in [0.05, 0.1) is 19.4 Å². The van der Waals surface area contributed by atoms with Crippen LogP contribution in [0.1, 0.15) is 74.5 Å². The molecule has 0 aliphatic carbocycles. The lowest BCUT2D eigenvalue weighted by atomic mass is 10.2. The molecule has 0 radical (unpaired) electrons. The topological polar surface area (TPSA) is 110 Å². The molecule has 44 heavy (non-hydrogen) atoms. The van der Waals surface area contributed by atoms with Gasteiger partial charge in [-0.15, -0.1) is 0 Å². The van der Waals surface area contributed by atoms with Crippen molar-refractivity contribution in [3.05, 3.63) is 102 Å². The second-order valence-electron chi connectivity index (χ2n) is 10.5. The van der Waals surface area contributed by atoms with E-state index in [1.165, 1.54) is 12.4 Å². The monoisotopic (exact) mass is 605 g/mol. The maximum Gasteiger partial charge on any atom is 0.276 e. The SMILES string of the molecule is CC/C=C\C/C=C\C/C=C\C/C=C\C/C=C\C/C=C\CCC(=O)NCC(CNC(=O)c1c[n+]([O-])c(C)cn1)N1CCOCC1. The highest BCUT2D eigenvalue weighted by Gasteiger charge is 2.23. The molecule has 1 aliphatic heterocycles. The fourth-order valence-electron chi connectivity index (χ4n) is 4.33. The lowest BCUT2D eigenvalue weighted by Gasteiger charge is -2.34. The van der Waals surface area contributed by atoms with Crippen molar-refractivity contribution in [2.75, 3.05) is 39.4 Å². The highest BCUT2D eigenvalue weighted by atomic mass is 16.5. The second-order valence-corrected chi connectivity index (χ2v) is 10.5. The van der Waals surface area contributed by atoms with Crippen molar-refractivity contribution in [2.24, 2.45) is 0 Å². The van der Waals surface area contributed by atoms with Gasteiger partial charge in [-0.05, 0) is 44.9 Å². The van der Waals surface area contributed by atoms with Crippen LogP contribution in [0.5, 0.6) is 0 Å². The summed E-state index contributed by atoms with van der Waals surface area (Å²) in [7, 11) is 0. The number of hydrogen-bond acceptors (Lipinski definition) is 6. The first-order chi connectivity index (χ1) is 21.5. The van der Waals surface area contributed by atoms with Gasteiger partial charge in [-0.3, -0.25) is 14.5 Å². The zero-order valence-electron chi connectivity index (χ0n) is 26.5. The molecular formula is C35H51N5O4. The summed E-state index contributed by atoms with van der Waals surface area (Å²) in [6.45, 7) is 7.16.